The van der Waals surface area contributed by atoms with E-state index in [9.17, 15) is 14.4 Å². The second kappa shape index (κ2) is 10.3. The molecule has 188 valence electrons. The Balaban J connectivity index is 1.84. The fraction of sp³-hybridized carbons (Fsp3) is 0.654. The lowest BCUT2D eigenvalue weighted by Gasteiger charge is -2.45. The second-order valence-electron chi connectivity index (χ2n) is 10.6. The number of hydrogen-bond acceptors (Lipinski definition) is 5. The molecule has 0 saturated carbocycles. The third kappa shape index (κ3) is 5.71. The Morgan fingerprint density at radius 1 is 1.18 bits per heavy atom. The Kier molecular flexibility index (Phi) is 7.91. The van der Waals surface area contributed by atoms with Crippen molar-refractivity contribution >= 4 is 17.7 Å². The van der Waals surface area contributed by atoms with E-state index >= 15 is 0 Å². The van der Waals surface area contributed by atoms with E-state index in [1.165, 1.54) is 0 Å². The number of benzene rings is 1. The van der Waals surface area contributed by atoms with Crippen molar-refractivity contribution in [3.8, 4) is 5.75 Å². The van der Waals surface area contributed by atoms with Crippen molar-refractivity contribution in [2.24, 2.45) is 5.41 Å². The lowest BCUT2D eigenvalue weighted by molar-refractivity contribution is -0.145. The third-order valence-electron chi connectivity index (χ3n) is 6.70. The van der Waals surface area contributed by atoms with Crippen molar-refractivity contribution in [3.63, 3.8) is 0 Å². The monoisotopic (exact) mass is 473 g/mol. The van der Waals surface area contributed by atoms with Crippen LogP contribution in [0.1, 0.15) is 70.7 Å². The lowest BCUT2D eigenvalue weighted by Crippen LogP contribution is -2.60. The Morgan fingerprint density at radius 2 is 1.79 bits per heavy atom. The summed E-state index contributed by atoms with van der Waals surface area (Å²) in [7, 11) is 1.57. The predicted molar refractivity (Wildman–Crippen MR) is 129 cm³/mol. The SMILES string of the molecule is CC[C@H](C)NC(=O)[C@@H]1COC2(CCN(C(=O)CC(C)(C)C)CC2)N1C(=O)c1ccc(OC)cc1. The Bertz CT molecular complexity index is 885. The van der Waals surface area contributed by atoms with Crippen LogP contribution in [0.3, 0.4) is 0 Å². The third-order valence-corrected chi connectivity index (χ3v) is 6.70. The molecule has 34 heavy (non-hydrogen) atoms. The van der Waals surface area contributed by atoms with Crippen LogP contribution in [0.4, 0.5) is 0 Å². The molecular weight excluding hydrogens is 434 g/mol. The van der Waals surface area contributed by atoms with Gasteiger partial charge < -0.3 is 19.7 Å². The molecule has 2 fully saturated rings. The molecule has 1 N–H and O–H groups in total. The summed E-state index contributed by atoms with van der Waals surface area (Å²) in [6.45, 7) is 11.2. The molecule has 0 bridgehead atoms. The first-order valence-electron chi connectivity index (χ1n) is 12.2. The summed E-state index contributed by atoms with van der Waals surface area (Å²) in [5.41, 5.74) is -0.531. The molecule has 8 nitrogen and oxygen atoms in total. The van der Waals surface area contributed by atoms with Crippen LogP contribution in [0.2, 0.25) is 0 Å². The quantitative estimate of drug-likeness (QED) is 0.686. The zero-order chi connectivity index (χ0) is 25.1. The van der Waals surface area contributed by atoms with Gasteiger partial charge in [0.2, 0.25) is 11.8 Å². The number of piperidine rings is 1. The molecule has 0 unspecified atom stereocenters. The van der Waals surface area contributed by atoms with Crippen molar-refractivity contribution < 1.29 is 23.9 Å². The number of nitrogens with zero attached hydrogens (tertiary/aromatic N) is 2. The van der Waals surface area contributed by atoms with Gasteiger partial charge in [-0.25, -0.2) is 0 Å². The van der Waals surface area contributed by atoms with Crippen LogP contribution in [0.5, 0.6) is 5.75 Å². The molecule has 2 aliphatic heterocycles. The maximum Gasteiger partial charge on any atom is 0.256 e. The summed E-state index contributed by atoms with van der Waals surface area (Å²) in [6, 6.07) is 6.16. The molecule has 1 aromatic carbocycles. The van der Waals surface area contributed by atoms with Gasteiger partial charge in [0.15, 0.2) is 0 Å². The molecule has 3 rings (SSSR count). The molecular formula is C26H39N3O5. The first-order valence-corrected chi connectivity index (χ1v) is 12.2. The van der Waals surface area contributed by atoms with Crippen LogP contribution in [0.25, 0.3) is 0 Å². The van der Waals surface area contributed by atoms with Crippen LogP contribution in [-0.2, 0) is 14.3 Å². The molecule has 1 aromatic rings. The Hall–Kier alpha value is -2.61. The molecule has 8 heteroatoms. The molecule has 0 aliphatic carbocycles. The van der Waals surface area contributed by atoms with Gasteiger partial charge in [0.05, 0.1) is 13.7 Å². The van der Waals surface area contributed by atoms with E-state index in [-0.39, 0.29) is 35.8 Å². The number of hydrogen-bond donors (Lipinski definition) is 1. The van der Waals surface area contributed by atoms with Gasteiger partial charge in [0.1, 0.15) is 17.5 Å². The highest BCUT2D eigenvalue weighted by molar-refractivity contribution is 5.98. The normalized spacial score (nSPS) is 20.8. The first kappa shape index (κ1) is 26.0. The van der Waals surface area contributed by atoms with Gasteiger partial charge in [-0.05, 0) is 43.0 Å². The lowest BCUT2D eigenvalue weighted by atomic mass is 9.90. The topological polar surface area (TPSA) is 88.2 Å². The molecule has 2 heterocycles. The number of ether oxygens (including phenoxy) is 2. The van der Waals surface area contributed by atoms with Crippen LogP contribution >= 0.6 is 0 Å². The summed E-state index contributed by atoms with van der Waals surface area (Å²) in [5, 5.41) is 3.00. The van der Waals surface area contributed by atoms with Gasteiger partial charge in [0, 0.05) is 44.0 Å². The predicted octanol–water partition coefficient (Wildman–Crippen LogP) is 3.21. The zero-order valence-electron chi connectivity index (χ0n) is 21.3. The van der Waals surface area contributed by atoms with E-state index in [0.29, 0.717) is 43.7 Å². The van der Waals surface area contributed by atoms with Crippen molar-refractivity contribution in [1.29, 1.82) is 0 Å². The van der Waals surface area contributed by atoms with Gasteiger partial charge >= 0.3 is 0 Å². The number of carbonyl (C=O) groups excluding carboxylic acids is 3. The molecule has 3 amide bonds. The summed E-state index contributed by atoms with van der Waals surface area (Å²) < 4.78 is 11.5. The summed E-state index contributed by atoms with van der Waals surface area (Å²) >= 11 is 0. The fourth-order valence-corrected chi connectivity index (χ4v) is 4.55. The van der Waals surface area contributed by atoms with Gasteiger partial charge in [-0.3, -0.25) is 19.3 Å². The molecule has 2 aliphatic rings. The molecule has 1 spiro atoms. The maximum absolute atomic E-state index is 13.7. The van der Waals surface area contributed by atoms with E-state index in [2.05, 4.69) is 5.32 Å². The highest BCUT2D eigenvalue weighted by Crippen LogP contribution is 2.39. The van der Waals surface area contributed by atoms with Gasteiger partial charge in [-0.15, -0.1) is 0 Å². The number of amides is 3. The maximum atomic E-state index is 13.7. The van der Waals surface area contributed by atoms with E-state index in [1.807, 2.05) is 39.5 Å². The largest absolute Gasteiger partial charge is 0.497 e. The van der Waals surface area contributed by atoms with Crippen molar-refractivity contribution in [2.75, 3.05) is 26.8 Å². The van der Waals surface area contributed by atoms with Gasteiger partial charge in [-0.2, -0.15) is 0 Å². The average molecular weight is 474 g/mol. The Labute approximate surface area is 202 Å². The highest BCUT2D eigenvalue weighted by atomic mass is 16.5. The minimum absolute atomic E-state index is 0.00106. The smallest absolute Gasteiger partial charge is 0.256 e. The van der Waals surface area contributed by atoms with Gasteiger partial charge in [0.25, 0.3) is 5.91 Å². The van der Waals surface area contributed by atoms with E-state index < -0.39 is 11.8 Å². The summed E-state index contributed by atoms with van der Waals surface area (Å²) in [4.78, 5) is 43.1. The van der Waals surface area contributed by atoms with Crippen LogP contribution in [0.15, 0.2) is 24.3 Å². The Morgan fingerprint density at radius 3 is 2.32 bits per heavy atom. The first-order chi connectivity index (χ1) is 16.0. The molecule has 0 aromatic heterocycles. The van der Waals surface area contributed by atoms with E-state index in [1.54, 1.807) is 36.3 Å². The number of methoxy groups -OCH3 is 1. The number of carbonyl (C=O) groups is 3. The van der Waals surface area contributed by atoms with Gasteiger partial charge in [-0.1, -0.05) is 27.7 Å². The molecule has 2 atom stereocenters. The van der Waals surface area contributed by atoms with E-state index in [0.717, 1.165) is 6.42 Å². The number of rotatable bonds is 6. The fourth-order valence-electron chi connectivity index (χ4n) is 4.55. The van der Waals surface area contributed by atoms with Crippen molar-refractivity contribution in [1.82, 2.24) is 15.1 Å². The minimum atomic E-state index is -0.910. The van der Waals surface area contributed by atoms with Crippen molar-refractivity contribution in [2.45, 2.75) is 78.1 Å². The van der Waals surface area contributed by atoms with E-state index in [4.69, 9.17) is 9.47 Å². The molecule has 0 radical (unpaired) electrons. The van der Waals surface area contributed by atoms with Crippen LogP contribution in [0, 0.1) is 5.41 Å². The summed E-state index contributed by atoms with van der Waals surface area (Å²) in [6.07, 6.45) is 2.20. The number of likely N-dealkylation sites (tertiary alicyclic amines) is 1. The average Bonchev–Trinajstić information content (AvgIpc) is 3.16. The van der Waals surface area contributed by atoms with Crippen molar-refractivity contribution in [3.05, 3.63) is 29.8 Å². The second-order valence-corrected chi connectivity index (χ2v) is 10.6. The van der Waals surface area contributed by atoms with Crippen LogP contribution < -0.4 is 10.1 Å². The summed E-state index contributed by atoms with van der Waals surface area (Å²) in [5.74, 6) is 0.304. The van der Waals surface area contributed by atoms with Crippen LogP contribution in [-0.4, -0.2) is 72.1 Å². The molecule has 2 saturated heterocycles. The highest BCUT2D eigenvalue weighted by Gasteiger charge is 2.54. The zero-order valence-corrected chi connectivity index (χ0v) is 21.3. The minimum Gasteiger partial charge on any atom is -0.497 e. The number of nitrogens with one attached hydrogen (secondary N) is 1. The standard InChI is InChI=1S/C26H39N3O5/c1-7-18(2)27-23(31)21-17-34-26(12-14-28(15-13-26)22(30)16-25(3,4)5)29(21)24(32)19-8-10-20(33-6)11-9-19/h8-11,18,21H,7,12-17H2,1-6H3,(H,27,31)/t18-,21-/m0/s1.